The fourth-order valence-corrected chi connectivity index (χ4v) is 3.20. The molecular formula is C19H20N4O2. The number of aryl methyl sites for hydroxylation is 1. The van der Waals surface area contributed by atoms with Crippen LogP contribution in [0.3, 0.4) is 0 Å². The highest BCUT2D eigenvalue weighted by Crippen LogP contribution is 2.28. The van der Waals surface area contributed by atoms with E-state index in [1.165, 1.54) is 0 Å². The van der Waals surface area contributed by atoms with E-state index >= 15 is 0 Å². The average molecular weight is 336 g/mol. The van der Waals surface area contributed by atoms with Gasteiger partial charge < -0.3 is 14.3 Å². The normalized spacial score (nSPS) is 15.7. The molecule has 2 aromatic heterocycles. The Bertz CT molecular complexity index is 912. The van der Waals surface area contributed by atoms with Gasteiger partial charge in [-0.1, -0.05) is 35.5 Å². The first-order valence-electron chi connectivity index (χ1n) is 8.44. The van der Waals surface area contributed by atoms with Crippen LogP contribution in [0.25, 0.3) is 22.4 Å². The molecule has 0 unspecified atom stereocenters. The van der Waals surface area contributed by atoms with Gasteiger partial charge >= 0.3 is 0 Å². The van der Waals surface area contributed by atoms with Crippen molar-refractivity contribution >= 4 is 17.0 Å². The highest BCUT2D eigenvalue weighted by Gasteiger charge is 2.25. The van der Waals surface area contributed by atoms with Crippen molar-refractivity contribution in [3.8, 4) is 11.3 Å². The van der Waals surface area contributed by atoms with Crippen molar-refractivity contribution < 1.29 is 9.32 Å². The second kappa shape index (κ2) is 6.29. The van der Waals surface area contributed by atoms with Crippen LogP contribution < -0.4 is 0 Å². The summed E-state index contributed by atoms with van der Waals surface area (Å²) in [6, 6.07) is 11.7. The van der Waals surface area contributed by atoms with E-state index in [2.05, 4.69) is 22.1 Å². The van der Waals surface area contributed by atoms with Crippen LogP contribution in [0, 0.1) is 6.92 Å². The second-order valence-corrected chi connectivity index (χ2v) is 6.46. The number of pyridine rings is 1. The van der Waals surface area contributed by atoms with Gasteiger partial charge in [0.05, 0.1) is 22.3 Å². The molecule has 6 nitrogen and oxygen atoms in total. The number of carbonyl (C=O) groups is 1. The number of hydrogen-bond acceptors (Lipinski definition) is 5. The summed E-state index contributed by atoms with van der Waals surface area (Å²) in [6.07, 6.45) is 0. The maximum Gasteiger partial charge on any atom is 0.259 e. The van der Waals surface area contributed by atoms with Crippen molar-refractivity contribution in [2.75, 3.05) is 33.2 Å². The zero-order valence-electron chi connectivity index (χ0n) is 14.4. The maximum atomic E-state index is 13.2. The molecule has 1 amide bonds. The molecule has 128 valence electrons. The molecule has 1 aliphatic rings. The van der Waals surface area contributed by atoms with Gasteiger partial charge in [0.2, 0.25) is 0 Å². The molecule has 25 heavy (non-hydrogen) atoms. The van der Waals surface area contributed by atoms with Gasteiger partial charge in [-0.25, -0.2) is 4.98 Å². The van der Waals surface area contributed by atoms with Crippen LogP contribution in [-0.4, -0.2) is 59.1 Å². The molecular weight excluding hydrogens is 316 g/mol. The third kappa shape index (κ3) is 2.89. The summed E-state index contributed by atoms with van der Waals surface area (Å²) in [7, 11) is 2.07. The van der Waals surface area contributed by atoms with Crippen molar-refractivity contribution in [3.63, 3.8) is 0 Å². The lowest BCUT2D eigenvalue weighted by Gasteiger charge is -2.32. The minimum Gasteiger partial charge on any atom is -0.336 e. The Morgan fingerprint density at radius 3 is 2.56 bits per heavy atom. The van der Waals surface area contributed by atoms with E-state index in [0.717, 1.165) is 37.4 Å². The topological polar surface area (TPSA) is 62.5 Å². The molecule has 1 aromatic carbocycles. The quantitative estimate of drug-likeness (QED) is 0.720. The maximum absolute atomic E-state index is 13.2. The summed E-state index contributed by atoms with van der Waals surface area (Å²) in [6.45, 7) is 5.06. The molecule has 1 saturated heterocycles. The molecule has 0 bridgehead atoms. The number of rotatable bonds is 2. The summed E-state index contributed by atoms with van der Waals surface area (Å²) >= 11 is 0. The number of nitrogens with zero attached hydrogens (tertiary/aromatic N) is 4. The molecule has 3 heterocycles. The Hall–Kier alpha value is -2.73. The number of likely N-dealkylation sites (N-methyl/N-ethyl adjacent to an activating group) is 1. The summed E-state index contributed by atoms with van der Waals surface area (Å²) in [5.74, 6) is 0.0176. The van der Waals surface area contributed by atoms with E-state index in [0.29, 0.717) is 22.4 Å². The smallest absolute Gasteiger partial charge is 0.259 e. The second-order valence-electron chi connectivity index (χ2n) is 6.46. The largest absolute Gasteiger partial charge is 0.336 e. The summed E-state index contributed by atoms with van der Waals surface area (Å²) < 4.78 is 5.37. The molecule has 6 heteroatoms. The Morgan fingerprint density at radius 1 is 1.12 bits per heavy atom. The molecule has 0 atom stereocenters. The van der Waals surface area contributed by atoms with Crippen LogP contribution in [0.15, 0.2) is 40.9 Å². The molecule has 0 spiro atoms. The van der Waals surface area contributed by atoms with Gasteiger partial charge in [-0.2, -0.15) is 0 Å². The number of piperazine rings is 1. The Kier molecular flexibility index (Phi) is 3.97. The van der Waals surface area contributed by atoms with Crippen molar-refractivity contribution in [2.24, 2.45) is 0 Å². The van der Waals surface area contributed by atoms with Crippen molar-refractivity contribution in [2.45, 2.75) is 6.92 Å². The van der Waals surface area contributed by atoms with Crippen LogP contribution in [0.4, 0.5) is 0 Å². The molecule has 3 aromatic rings. The third-order valence-electron chi connectivity index (χ3n) is 4.71. The standard InChI is InChI=1S/C19H20N4O2/c1-13-17-15(19(24)23-10-8-22(2)9-11-23)12-16(20-18(17)25-21-13)14-6-4-3-5-7-14/h3-7,12H,8-11H2,1-2H3. The monoisotopic (exact) mass is 336 g/mol. The SMILES string of the molecule is Cc1noc2nc(-c3ccccc3)cc(C(=O)N3CCN(C)CC3)c12. The molecule has 0 saturated carbocycles. The fourth-order valence-electron chi connectivity index (χ4n) is 3.20. The Morgan fingerprint density at radius 2 is 1.84 bits per heavy atom. The van der Waals surface area contributed by atoms with Gasteiger partial charge in [0, 0.05) is 31.7 Å². The lowest BCUT2D eigenvalue weighted by molar-refractivity contribution is 0.0666. The zero-order valence-corrected chi connectivity index (χ0v) is 14.4. The van der Waals surface area contributed by atoms with E-state index in [1.54, 1.807) is 0 Å². The van der Waals surface area contributed by atoms with Gasteiger partial charge in [0.15, 0.2) is 0 Å². The lowest BCUT2D eigenvalue weighted by Crippen LogP contribution is -2.47. The number of benzene rings is 1. The minimum absolute atomic E-state index is 0.0176. The molecule has 1 aliphatic heterocycles. The summed E-state index contributed by atoms with van der Waals surface area (Å²) in [4.78, 5) is 21.8. The first kappa shape index (κ1) is 15.8. The van der Waals surface area contributed by atoms with Crippen LogP contribution in [0.5, 0.6) is 0 Å². The fraction of sp³-hybridized carbons (Fsp3) is 0.316. The first-order chi connectivity index (χ1) is 12.1. The van der Waals surface area contributed by atoms with E-state index in [-0.39, 0.29) is 5.91 Å². The minimum atomic E-state index is 0.0176. The third-order valence-corrected chi connectivity index (χ3v) is 4.71. The number of carbonyl (C=O) groups excluding carboxylic acids is 1. The van der Waals surface area contributed by atoms with Gasteiger partial charge in [-0.15, -0.1) is 0 Å². The van der Waals surface area contributed by atoms with Crippen molar-refractivity contribution in [3.05, 3.63) is 47.7 Å². The summed E-state index contributed by atoms with van der Waals surface area (Å²) in [5, 5.41) is 4.73. The Labute approximate surface area is 146 Å². The number of hydrogen-bond donors (Lipinski definition) is 0. The highest BCUT2D eigenvalue weighted by molar-refractivity contribution is 6.07. The predicted octanol–water partition coefficient (Wildman–Crippen LogP) is 2.59. The molecule has 0 N–H and O–H groups in total. The van der Waals surface area contributed by atoms with Gasteiger partial charge in [-0.3, -0.25) is 4.79 Å². The van der Waals surface area contributed by atoms with Crippen LogP contribution in [-0.2, 0) is 0 Å². The molecule has 4 rings (SSSR count). The first-order valence-corrected chi connectivity index (χ1v) is 8.44. The van der Waals surface area contributed by atoms with Gasteiger partial charge in [0.25, 0.3) is 11.6 Å². The predicted molar refractivity (Wildman–Crippen MR) is 95.4 cm³/mol. The Balaban J connectivity index is 1.81. The summed E-state index contributed by atoms with van der Waals surface area (Å²) in [5.41, 5.74) is 3.40. The van der Waals surface area contributed by atoms with E-state index in [9.17, 15) is 4.79 Å². The average Bonchev–Trinajstić information content (AvgIpc) is 3.03. The van der Waals surface area contributed by atoms with Crippen LogP contribution in [0.1, 0.15) is 16.1 Å². The lowest BCUT2D eigenvalue weighted by atomic mass is 10.0. The highest BCUT2D eigenvalue weighted by atomic mass is 16.5. The van der Waals surface area contributed by atoms with Gasteiger partial charge in [-0.05, 0) is 20.0 Å². The van der Waals surface area contributed by atoms with E-state index in [1.807, 2.05) is 48.2 Å². The van der Waals surface area contributed by atoms with E-state index in [4.69, 9.17) is 4.52 Å². The number of amides is 1. The van der Waals surface area contributed by atoms with Gasteiger partial charge in [0.1, 0.15) is 0 Å². The zero-order chi connectivity index (χ0) is 17.4. The molecule has 0 radical (unpaired) electrons. The molecule has 0 aliphatic carbocycles. The number of fused-ring (bicyclic) bond motifs is 1. The van der Waals surface area contributed by atoms with Crippen molar-refractivity contribution in [1.29, 1.82) is 0 Å². The number of aromatic nitrogens is 2. The van der Waals surface area contributed by atoms with Crippen molar-refractivity contribution in [1.82, 2.24) is 19.9 Å². The molecule has 1 fully saturated rings. The van der Waals surface area contributed by atoms with Crippen LogP contribution in [0.2, 0.25) is 0 Å². The van der Waals surface area contributed by atoms with Crippen LogP contribution >= 0.6 is 0 Å². The van der Waals surface area contributed by atoms with E-state index < -0.39 is 0 Å².